The van der Waals surface area contributed by atoms with E-state index in [0.29, 0.717) is 12.5 Å². The summed E-state index contributed by atoms with van der Waals surface area (Å²) in [5, 5.41) is 4.65. The number of fused-ring (bicyclic) bond motifs is 1. The van der Waals surface area contributed by atoms with Crippen LogP contribution in [0.5, 0.6) is 5.88 Å². The SMILES string of the molecule is CCCNCc1cc(OC2CCOC2)nc2ccccc12. The van der Waals surface area contributed by atoms with Gasteiger partial charge in [0.25, 0.3) is 0 Å². The summed E-state index contributed by atoms with van der Waals surface area (Å²) in [5.41, 5.74) is 2.23. The van der Waals surface area contributed by atoms with Crippen molar-refractivity contribution in [1.82, 2.24) is 10.3 Å². The van der Waals surface area contributed by atoms with Crippen LogP contribution in [0.3, 0.4) is 0 Å². The Morgan fingerprint density at radius 2 is 2.29 bits per heavy atom. The molecule has 1 N–H and O–H groups in total. The first-order chi connectivity index (χ1) is 10.4. The molecule has 0 bridgehead atoms. The quantitative estimate of drug-likeness (QED) is 0.829. The molecule has 1 aliphatic rings. The van der Waals surface area contributed by atoms with E-state index in [0.717, 1.165) is 38.1 Å². The van der Waals surface area contributed by atoms with Gasteiger partial charge >= 0.3 is 0 Å². The summed E-state index contributed by atoms with van der Waals surface area (Å²) >= 11 is 0. The number of nitrogens with zero attached hydrogens (tertiary/aromatic N) is 1. The number of hydrogen-bond acceptors (Lipinski definition) is 4. The maximum absolute atomic E-state index is 5.97. The van der Waals surface area contributed by atoms with E-state index in [4.69, 9.17) is 9.47 Å². The molecule has 0 saturated carbocycles. The highest BCUT2D eigenvalue weighted by atomic mass is 16.5. The van der Waals surface area contributed by atoms with E-state index in [-0.39, 0.29) is 6.10 Å². The summed E-state index contributed by atoms with van der Waals surface area (Å²) in [5.74, 6) is 0.706. The summed E-state index contributed by atoms with van der Waals surface area (Å²) in [4.78, 5) is 4.62. The highest BCUT2D eigenvalue weighted by Gasteiger charge is 2.18. The van der Waals surface area contributed by atoms with Crippen molar-refractivity contribution in [2.75, 3.05) is 19.8 Å². The van der Waals surface area contributed by atoms with Crippen LogP contribution in [-0.4, -0.2) is 30.8 Å². The van der Waals surface area contributed by atoms with E-state index in [1.54, 1.807) is 0 Å². The molecule has 3 rings (SSSR count). The lowest BCUT2D eigenvalue weighted by molar-refractivity contribution is 0.138. The van der Waals surface area contributed by atoms with Crippen LogP contribution < -0.4 is 10.1 Å². The standard InChI is InChI=1S/C17H22N2O2/c1-2-8-18-11-13-10-17(21-14-7-9-20-12-14)19-16-6-4-3-5-15(13)16/h3-6,10,14,18H,2,7-9,11-12H2,1H3. The zero-order chi connectivity index (χ0) is 14.5. The Balaban J connectivity index is 1.86. The van der Waals surface area contributed by atoms with Gasteiger partial charge in [-0.15, -0.1) is 0 Å². The minimum absolute atomic E-state index is 0.134. The molecule has 1 unspecified atom stereocenters. The molecule has 4 heteroatoms. The lowest BCUT2D eigenvalue weighted by Gasteiger charge is -2.14. The number of para-hydroxylation sites is 1. The normalized spacial score (nSPS) is 18.2. The van der Waals surface area contributed by atoms with Gasteiger partial charge in [0.1, 0.15) is 6.10 Å². The van der Waals surface area contributed by atoms with Crippen LogP contribution >= 0.6 is 0 Å². The van der Waals surface area contributed by atoms with E-state index in [2.05, 4.69) is 35.4 Å². The van der Waals surface area contributed by atoms with Crippen LogP contribution in [0.2, 0.25) is 0 Å². The van der Waals surface area contributed by atoms with Crippen LogP contribution in [0, 0.1) is 0 Å². The molecule has 4 nitrogen and oxygen atoms in total. The largest absolute Gasteiger partial charge is 0.472 e. The van der Waals surface area contributed by atoms with Crippen molar-refractivity contribution in [1.29, 1.82) is 0 Å². The predicted octanol–water partition coefficient (Wildman–Crippen LogP) is 2.90. The van der Waals surface area contributed by atoms with Crippen molar-refractivity contribution in [3.05, 3.63) is 35.9 Å². The smallest absolute Gasteiger partial charge is 0.214 e. The van der Waals surface area contributed by atoms with Crippen molar-refractivity contribution < 1.29 is 9.47 Å². The zero-order valence-electron chi connectivity index (χ0n) is 12.5. The van der Waals surface area contributed by atoms with Gasteiger partial charge in [-0.3, -0.25) is 0 Å². The number of ether oxygens (including phenoxy) is 2. The summed E-state index contributed by atoms with van der Waals surface area (Å²) in [6.07, 6.45) is 2.21. The second kappa shape index (κ2) is 6.87. The Labute approximate surface area is 125 Å². The maximum Gasteiger partial charge on any atom is 0.214 e. The maximum atomic E-state index is 5.97. The second-order valence-electron chi connectivity index (χ2n) is 5.42. The number of benzene rings is 1. The van der Waals surface area contributed by atoms with E-state index < -0.39 is 0 Å². The highest BCUT2D eigenvalue weighted by Crippen LogP contribution is 2.23. The lowest BCUT2D eigenvalue weighted by atomic mass is 10.1. The van der Waals surface area contributed by atoms with Gasteiger partial charge in [-0.05, 0) is 24.6 Å². The summed E-state index contributed by atoms with van der Waals surface area (Å²) in [6, 6.07) is 10.3. The Morgan fingerprint density at radius 3 is 3.10 bits per heavy atom. The lowest BCUT2D eigenvalue weighted by Crippen LogP contribution is -2.18. The second-order valence-corrected chi connectivity index (χ2v) is 5.42. The fourth-order valence-electron chi connectivity index (χ4n) is 2.60. The van der Waals surface area contributed by atoms with Crippen LogP contribution in [0.1, 0.15) is 25.3 Å². The van der Waals surface area contributed by atoms with Crippen molar-refractivity contribution in [2.24, 2.45) is 0 Å². The Kier molecular flexibility index (Phi) is 4.68. The minimum Gasteiger partial charge on any atom is -0.472 e. The monoisotopic (exact) mass is 286 g/mol. The van der Waals surface area contributed by atoms with Crippen LogP contribution in [-0.2, 0) is 11.3 Å². The van der Waals surface area contributed by atoms with Crippen molar-refractivity contribution in [3.8, 4) is 5.88 Å². The molecule has 2 aromatic rings. The molecule has 1 saturated heterocycles. The third kappa shape index (κ3) is 3.52. The topological polar surface area (TPSA) is 43.4 Å². The number of aromatic nitrogens is 1. The van der Waals surface area contributed by atoms with Gasteiger partial charge in [0, 0.05) is 24.4 Å². The molecule has 0 spiro atoms. The molecule has 2 heterocycles. The molecule has 21 heavy (non-hydrogen) atoms. The minimum atomic E-state index is 0.134. The van der Waals surface area contributed by atoms with Crippen molar-refractivity contribution >= 4 is 10.9 Å². The van der Waals surface area contributed by atoms with Crippen LogP contribution in [0.25, 0.3) is 10.9 Å². The van der Waals surface area contributed by atoms with E-state index in [9.17, 15) is 0 Å². The van der Waals surface area contributed by atoms with Gasteiger partial charge in [0.05, 0.1) is 18.7 Å². The number of hydrogen-bond donors (Lipinski definition) is 1. The Hall–Kier alpha value is -1.65. The Bertz CT molecular complexity index is 594. The summed E-state index contributed by atoms with van der Waals surface area (Å²) < 4.78 is 11.3. The molecule has 1 fully saturated rings. The summed E-state index contributed by atoms with van der Waals surface area (Å²) in [7, 11) is 0. The van der Waals surface area contributed by atoms with Crippen molar-refractivity contribution in [3.63, 3.8) is 0 Å². The molecule has 112 valence electrons. The predicted molar refractivity (Wildman–Crippen MR) is 83.6 cm³/mol. The van der Waals surface area contributed by atoms with Gasteiger partial charge < -0.3 is 14.8 Å². The highest BCUT2D eigenvalue weighted by molar-refractivity contribution is 5.82. The van der Waals surface area contributed by atoms with Gasteiger partial charge in [-0.1, -0.05) is 25.1 Å². The fraction of sp³-hybridized carbons (Fsp3) is 0.471. The molecule has 1 aromatic heterocycles. The van der Waals surface area contributed by atoms with Crippen molar-refractivity contribution in [2.45, 2.75) is 32.4 Å². The Morgan fingerprint density at radius 1 is 1.38 bits per heavy atom. The molecular formula is C17H22N2O2. The zero-order valence-corrected chi connectivity index (χ0v) is 12.5. The van der Waals surface area contributed by atoms with E-state index >= 15 is 0 Å². The van der Waals surface area contributed by atoms with Gasteiger partial charge in [0.15, 0.2) is 0 Å². The molecule has 0 aliphatic carbocycles. The molecule has 1 aliphatic heterocycles. The third-order valence-electron chi connectivity index (χ3n) is 3.70. The van der Waals surface area contributed by atoms with Gasteiger partial charge in [-0.2, -0.15) is 0 Å². The van der Waals surface area contributed by atoms with E-state index in [1.165, 1.54) is 10.9 Å². The fourth-order valence-corrected chi connectivity index (χ4v) is 2.60. The van der Waals surface area contributed by atoms with E-state index in [1.807, 2.05) is 12.1 Å². The molecule has 1 aromatic carbocycles. The first-order valence-corrected chi connectivity index (χ1v) is 7.70. The number of rotatable bonds is 6. The first kappa shape index (κ1) is 14.3. The van der Waals surface area contributed by atoms with Crippen LogP contribution in [0.15, 0.2) is 30.3 Å². The average Bonchev–Trinajstić information content (AvgIpc) is 3.00. The number of pyridine rings is 1. The van der Waals surface area contributed by atoms with Gasteiger partial charge in [-0.25, -0.2) is 4.98 Å². The average molecular weight is 286 g/mol. The first-order valence-electron chi connectivity index (χ1n) is 7.70. The third-order valence-corrected chi connectivity index (χ3v) is 3.70. The van der Waals surface area contributed by atoms with Crippen LogP contribution in [0.4, 0.5) is 0 Å². The molecule has 0 radical (unpaired) electrons. The molecule has 0 amide bonds. The number of nitrogens with one attached hydrogen (secondary N) is 1. The molecule has 1 atom stereocenters. The van der Waals surface area contributed by atoms with Gasteiger partial charge in [0.2, 0.25) is 5.88 Å². The molecular weight excluding hydrogens is 264 g/mol. The summed E-state index contributed by atoms with van der Waals surface area (Å²) in [6.45, 7) is 5.48.